The molecule has 0 unspecified atom stereocenters. The summed E-state index contributed by atoms with van der Waals surface area (Å²) in [5.41, 5.74) is 1.02. The summed E-state index contributed by atoms with van der Waals surface area (Å²) >= 11 is 2.92. The Morgan fingerprint density at radius 3 is 2.70 bits per heavy atom. The monoisotopic (exact) mass is 407 g/mol. The topological polar surface area (TPSA) is 64.0 Å². The van der Waals surface area contributed by atoms with Gasteiger partial charge in [-0.2, -0.15) is 0 Å². The number of aromatic nitrogens is 2. The van der Waals surface area contributed by atoms with Gasteiger partial charge in [-0.15, -0.1) is 11.3 Å². The molecular weight excluding hydrogens is 378 g/mol. The van der Waals surface area contributed by atoms with E-state index in [1.807, 2.05) is 27.7 Å². The molecule has 0 saturated heterocycles. The maximum atomic E-state index is 13.0. The standard InChI is InChI=1S/C20H29N3O2S2/c1-11(2)23-19(25)17-13(4)14(5)27-18(17)22-20(23)26-10-16(24)21-15-9-7-6-8-12(15)3/h11-12,15H,6-10H2,1-5H3,(H,21,24)/t12-,15-/m0/s1. The number of amides is 1. The first-order valence-electron chi connectivity index (χ1n) is 9.74. The number of rotatable bonds is 5. The van der Waals surface area contributed by atoms with Crippen LogP contribution in [-0.4, -0.2) is 27.3 Å². The van der Waals surface area contributed by atoms with Crippen molar-refractivity contribution in [2.24, 2.45) is 5.92 Å². The molecule has 2 aromatic rings. The first-order chi connectivity index (χ1) is 12.8. The minimum Gasteiger partial charge on any atom is -0.352 e. The van der Waals surface area contributed by atoms with Crippen LogP contribution in [0.1, 0.15) is 62.9 Å². The van der Waals surface area contributed by atoms with E-state index in [4.69, 9.17) is 4.98 Å². The van der Waals surface area contributed by atoms with Crippen LogP contribution in [0.3, 0.4) is 0 Å². The van der Waals surface area contributed by atoms with E-state index in [1.54, 1.807) is 15.9 Å². The van der Waals surface area contributed by atoms with Crippen molar-refractivity contribution in [1.29, 1.82) is 0 Å². The smallest absolute Gasteiger partial charge is 0.263 e. The first kappa shape index (κ1) is 20.4. The van der Waals surface area contributed by atoms with Crippen LogP contribution >= 0.6 is 23.1 Å². The van der Waals surface area contributed by atoms with Crippen LogP contribution < -0.4 is 10.9 Å². The van der Waals surface area contributed by atoms with Gasteiger partial charge in [-0.3, -0.25) is 14.2 Å². The predicted molar refractivity (Wildman–Crippen MR) is 114 cm³/mol. The second-order valence-electron chi connectivity index (χ2n) is 7.85. The summed E-state index contributed by atoms with van der Waals surface area (Å²) < 4.78 is 1.72. The summed E-state index contributed by atoms with van der Waals surface area (Å²) in [4.78, 5) is 32.2. The van der Waals surface area contributed by atoms with E-state index in [2.05, 4.69) is 12.2 Å². The number of thiophene rings is 1. The second-order valence-corrected chi connectivity index (χ2v) is 10.00. The van der Waals surface area contributed by atoms with Crippen LogP contribution in [0.4, 0.5) is 0 Å². The van der Waals surface area contributed by atoms with Crippen molar-refractivity contribution in [2.75, 3.05) is 5.75 Å². The zero-order chi connectivity index (χ0) is 19.7. The fourth-order valence-corrected chi connectivity index (χ4v) is 5.76. The Balaban J connectivity index is 1.80. The van der Waals surface area contributed by atoms with Gasteiger partial charge in [0.15, 0.2) is 5.16 Å². The highest BCUT2D eigenvalue weighted by Crippen LogP contribution is 2.29. The van der Waals surface area contributed by atoms with Gasteiger partial charge in [-0.1, -0.05) is 31.5 Å². The fraction of sp³-hybridized carbons (Fsp3) is 0.650. The van der Waals surface area contributed by atoms with Gasteiger partial charge < -0.3 is 5.32 Å². The Morgan fingerprint density at radius 1 is 1.33 bits per heavy atom. The Bertz CT molecular complexity index is 901. The normalized spacial score (nSPS) is 20.4. The molecule has 1 aliphatic rings. The molecule has 0 spiro atoms. The van der Waals surface area contributed by atoms with Crippen molar-refractivity contribution >= 4 is 39.2 Å². The first-order valence-corrected chi connectivity index (χ1v) is 11.5. The van der Waals surface area contributed by atoms with Gasteiger partial charge in [-0.05, 0) is 52.0 Å². The summed E-state index contributed by atoms with van der Waals surface area (Å²) in [6.07, 6.45) is 4.68. The molecule has 0 aliphatic heterocycles. The molecule has 2 heterocycles. The quantitative estimate of drug-likeness (QED) is 0.588. The molecule has 0 bridgehead atoms. The van der Waals surface area contributed by atoms with Gasteiger partial charge in [0.1, 0.15) is 4.83 Å². The number of thioether (sulfide) groups is 1. The summed E-state index contributed by atoms with van der Waals surface area (Å²) in [6.45, 7) is 10.2. The minimum atomic E-state index is -0.00191. The van der Waals surface area contributed by atoms with Crippen molar-refractivity contribution in [3.63, 3.8) is 0 Å². The Kier molecular flexibility index (Phi) is 6.31. The third kappa shape index (κ3) is 4.24. The number of fused-ring (bicyclic) bond motifs is 1. The molecule has 27 heavy (non-hydrogen) atoms. The number of aryl methyl sites for hydroxylation is 2. The van der Waals surface area contributed by atoms with E-state index in [1.165, 1.54) is 31.0 Å². The van der Waals surface area contributed by atoms with E-state index in [0.717, 1.165) is 27.1 Å². The van der Waals surface area contributed by atoms with Gasteiger partial charge >= 0.3 is 0 Å². The largest absolute Gasteiger partial charge is 0.352 e. The molecule has 2 atom stereocenters. The van der Waals surface area contributed by atoms with Crippen molar-refractivity contribution in [2.45, 2.75) is 77.5 Å². The molecule has 148 valence electrons. The number of nitrogens with zero attached hydrogens (tertiary/aromatic N) is 2. The van der Waals surface area contributed by atoms with E-state index in [9.17, 15) is 9.59 Å². The van der Waals surface area contributed by atoms with Crippen LogP contribution in [0.5, 0.6) is 0 Å². The van der Waals surface area contributed by atoms with Gasteiger partial charge in [-0.25, -0.2) is 4.98 Å². The third-order valence-corrected chi connectivity index (χ3v) is 7.56. The summed E-state index contributed by atoms with van der Waals surface area (Å²) in [6, 6.07) is 0.273. The Morgan fingerprint density at radius 2 is 2.04 bits per heavy atom. The van der Waals surface area contributed by atoms with E-state index in [0.29, 0.717) is 11.1 Å². The highest BCUT2D eigenvalue weighted by atomic mass is 32.2. The summed E-state index contributed by atoms with van der Waals surface area (Å²) in [5.74, 6) is 0.854. The zero-order valence-electron chi connectivity index (χ0n) is 16.8. The van der Waals surface area contributed by atoms with Crippen molar-refractivity contribution in [3.05, 3.63) is 20.8 Å². The molecule has 5 nitrogen and oxygen atoms in total. The lowest BCUT2D eigenvalue weighted by Gasteiger charge is -2.29. The molecule has 1 saturated carbocycles. The van der Waals surface area contributed by atoms with Crippen LogP contribution in [-0.2, 0) is 4.79 Å². The zero-order valence-corrected chi connectivity index (χ0v) is 18.4. The van der Waals surface area contributed by atoms with Gasteiger partial charge in [0, 0.05) is 17.0 Å². The lowest BCUT2D eigenvalue weighted by Crippen LogP contribution is -2.42. The fourth-order valence-electron chi connectivity index (χ4n) is 3.75. The Hall–Kier alpha value is -1.34. The van der Waals surface area contributed by atoms with E-state index < -0.39 is 0 Å². The van der Waals surface area contributed by atoms with Crippen molar-refractivity contribution in [1.82, 2.24) is 14.9 Å². The van der Waals surface area contributed by atoms with Crippen LogP contribution in [0.15, 0.2) is 9.95 Å². The molecule has 1 fully saturated rings. The molecule has 3 rings (SSSR count). The van der Waals surface area contributed by atoms with Gasteiger partial charge in [0.25, 0.3) is 5.56 Å². The number of nitrogens with one attached hydrogen (secondary N) is 1. The maximum Gasteiger partial charge on any atom is 0.263 e. The predicted octanol–water partition coefficient (Wildman–Crippen LogP) is 4.44. The molecule has 1 N–H and O–H groups in total. The lowest BCUT2D eigenvalue weighted by atomic mass is 9.86. The van der Waals surface area contributed by atoms with E-state index in [-0.39, 0.29) is 29.3 Å². The Labute approximate surface area is 169 Å². The molecule has 1 aliphatic carbocycles. The average Bonchev–Trinajstić information content (AvgIpc) is 2.89. The molecule has 1 amide bonds. The second kappa shape index (κ2) is 8.35. The van der Waals surface area contributed by atoms with Crippen LogP contribution in [0.2, 0.25) is 0 Å². The number of carbonyl (C=O) groups is 1. The van der Waals surface area contributed by atoms with Gasteiger partial charge in [0.05, 0.1) is 11.1 Å². The number of hydrogen-bond donors (Lipinski definition) is 1. The molecule has 0 aromatic carbocycles. The minimum absolute atomic E-state index is 0.000612. The van der Waals surface area contributed by atoms with Crippen LogP contribution in [0, 0.1) is 19.8 Å². The molecular formula is C20H29N3O2S2. The average molecular weight is 408 g/mol. The summed E-state index contributed by atoms with van der Waals surface area (Å²) in [7, 11) is 0. The highest BCUT2D eigenvalue weighted by Gasteiger charge is 2.24. The lowest BCUT2D eigenvalue weighted by molar-refractivity contribution is -0.119. The number of carbonyl (C=O) groups excluding carboxylic acids is 1. The van der Waals surface area contributed by atoms with Crippen LogP contribution in [0.25, 0.3) is 10.2 Å². The molecule has 7 heteroatoms. The SMILES string of the molecule is Cc1sc2nc(SCC(=O)N[C@H]3CCCC[C@@H]3C)n(C(C)C)c(=O)c2c1C. The number of hydrogen-bond acceptors (Lipinski definition) is 5. The highest BCUT2D eigenvalue weighted by molar-refractivity contribution is 7.99. The van der Waals surface area contributed by atoms with Crippen molar-refractivity contribution < 1.29 is 4.79 Å². The van der Waals surface area contributed by atoms with Crippen molar-refractivity contribution in [3.8, 4) is 0 Å². The van der Waals surface area contributed by atoms with E-state index >= 15 is 0 Å². The summed E-state index contributed by atoms with van der Waals surface area (Å²) in [5, 5.41) is 4.53. The molecule has 2 aromatic heterocycles. The molecule has 0 radical (unpaired) electrons. The third-order valence-electron chi connectivity index (χ3n) is 5.51. The van der Waals surface area contributed by atoms with Gasteiger partial charge in [0.2, 0.25) is 5.91 Å². The maximum absolute atomic E-state index is 13.0.